The number of carbonyl (C=O) groups excluding carboxylic acids is 1. The Kier molecular flexibility index (Phi) is 5.31. The van der Waals surface area contributed by atoms with Gasteiger partial charge in [-0.3, -0.25) is 0 Å². The quantitative estimate of drug-likeness (QED) is 0.358. The molecular weight excluding hydrogens is 403 g/mol. The summed E-state index contributed by atoms with van der Waals surface area (Å²) in [5, 5.41) is 2.92. The number of benzene rings is 2. The molecule has 0 spiro atoms. The molecule has 0 bridgehead atoms. The third-order valence-corrected chi connectivity index (χ3v) is 5.38. The van der Waals surface area contributed by atoms with E-state index in [0.29, 0.717) is 5.76 Å². The molecule has 1 amide bonds. The molecule has 4 nitrogen and oxygen atoms in total. The first-order valence-electron chi connectivity index (χ1n) is 7.15. The first kappa shape index (κ1) is 15.6. The molecule has 2 N–H and O–H groups in total. The van der Waals surface area contributed by atoms with E-state index in [-0.39, 0.29) is 27.4 Å². The Morgan fingerprint density at radius 3 is 2.52 bits per heavy atom. The Balaban J connectivity index is 1.62. The number of furan rings is 1. The van der Waals surface area contributed by atoms with E-state index in [1.54, 1.807) is 12.1 Å². The predicted molar refractivity (Wildman–Crippen MR) is 86.9 cm³/mol. The number of para-hydroxylation sites is 2. The van der Waals surface area contributed by atoms with Gasteiger partial charge < -0.3 is 0 Å². The van der Waals surface area contributed by atoms with Crippen molar-refractivity contribution in [3.8, 4) is 0 Å². The number of amides is 1. The molecule has 1 aromatic heterocycles. The van der Waals surface area contributed by atoms with E-state index < -0.39 is 0 Å². The molecule has 118 valence electrons. The summed E-state index contributed by atoms with van der Waals surface area (Å²) < 4.78 is 9.53. The Morgan fingerprint density at radius 1 is 0.957 bits per heavy atom. The van der Waals surface area contributed by atoms with Gasteiger partial charge in [-0.2, -0.15) is 0 Å². The molecular formula is C18H16IN2O2-. The van der Waals surface area contributed by atoms with E-state index in [2.05, 4.69) is 21.0 Å². The summed E-state index contributed by atoms with van der Waals surface area (Å²) >= 11 is -0.246. The van der Waals surface area contributed by atoms with Gasteiger partial charge in [0.15, 0.2) is 0 Å². The Hall–Kier alpha value is -2.28. The summed E-state index contributed by atoms with van der Waals surface area (Å²) in [5.41, 5.74) is 3.10. The van der Waals surface area contributed by atoms with Gasteiger partial charge in [0, 0.05) is 0 Å². The maximum atomic E-state index is 12.1. The van der Waals surface area contributed by atoms with Crippen molar-refractivity contribution in [2.75, 3.05) is 8.85 Å². The molecule has 0 unspecified atom stereocenters. The van der Waals surface area contributed by atoms with Crippen LogP contribution in [0.5, 0.6) is 0 Å². The topological polar surface area (TPSA) is 54.3 Å². The minimum atomic E-state index is -0.246. The van der Waals surface area contributed by atoms with E-state index in [0.717, 1.165) is 21.4 Å². The first-order chi connectivity index (χ1) is 11.3. The Morgan fingerprint density at radius 2 is 1.74 bits per heavy atom. The van der Waals surface area contributed by atoms with Gasteiger partial charge in [-0.05, 0) is 0 Å². The summed E-state index contributed by atoms with van der Waals surface area (Å²) in [4.78, 5) is 12.1. The van der Waals surface area contributed by atoms with E-state index in [9.17, 15) is 4.79 Å². The average molecular weight is 419 g/mol. The average Bonchev–Trinajstić information content (AvgIpc) is 3.12. The van der Waals surface area contributed by atoms with E-state index in [4.69, 9.17) is 4.42 Å². The third kappa shape index (κ3) is 4.35. The van der Waals surface area contributed by atoms with Crippen LogP contribution in [0.15, 0.2) is 77.4 Å². The molecule has 0 radical (unpaired) electrons. The van der Waals surface area contributed by atoms with Crippen LogP contribution >= 0.6 is 0 Å². The standard InChI is InChI=1S/C18H16IN2O2/c22-18(17-11-6-12-23-17)20-16-10-5-4-7-14(16)13-19-21-15-8-2-1-3-9-15/h1-12,21H,13H2,(H,20,22)/q-1. The van der Waals surface area contributed by atoms with Crippen LogP contribution in [0, 0.1) is 0 Å². The van der Waals surface area contributed by atoms with Crippen molar-refractivity contribution < 1.29 is 30.7 Å². The number of hydrogen-bond donors (Lipinski definition) is 2. The normalized spacial score (nSPS) is 10.4. The zero-order valence-electron chi connectivity index (χ0n) is 12.3. The molecule has 0 saturated carbocycles. The second kappa shape index (κ2) is 7.82. The number of rotatable bonds is 6. The van der Waals surface area contributed by atoms with Crippen molar-refractivity contribution in [1.29, 1.82) is 0 Å². The van der Waals surface area contributed by atoms with Gasteiger partial charge in [0.05, 0.1) is 0 Å². The second-order valence-corrected chi connectivity index (χ2v) is 6.88. The van der Waals surface area contributed by atoms with Gasteiger partial charge in [0.25, 0.3) is 0 Å². The van der Waals surface area contributed by atoms with Gasteiger partial charge in [0.2, 0.25) is 0 Å². The fraction of sp³-hybridized carbons (Fsp3) is 0.0556. The second-order valence-electron chi connectivity index (χ2n) is 4.82. The van der Waals surface area contributed by atoms with Gasteiger partial charge in [-0.15, -0.1) is 0 Å². The van der Waals surface area contributed by atoms with Crippen LogP contribution in [0.1, 0.15) is 16.1 Å². The zero-order chi connectivity index (χ0) is 15.9. The van der Waals surface area contributed by atoms with Gasteiger partial charge in [-0.1, -0.05) is 0 Å². The first-order valence-corrected chi connectivity index (χ1v) is 9.75. The molecule has 0 aliphatic heterocycles. The van der Waals surface area contributed by atoms with E-state index in [1.807, 2.05) is 42.5 Å². The van der Waals surface area contributed by atoms with Crippen molar-refractivity contribution in [3.05, 3.63) is 84.3 Å². The van der Waals surface area contributed by atoms with Crippen molar-refractivity contribution in [3.63, 3.8) is 0 Å². The fourth-order valence-electron chi connectivity index (χ4n) is 2.03. The van der Waals surface area contributed by atoms with Crippen molar-refractivity contribution >= 4 is 17.3 Å². The molecule has 3 aromatic rings. The van der Waals surface area contributed by atoms with Crippen LogP contribution in [-0.2, 0) is 4.43 Å². The molecule has 5 heteroatoms. The molecule has 0 aliphatic carbocycles. The molecule has 3 rings (SSSR count). The summed E-state index contributed by atoms with van der Waals surface area (Å²) in [6.07, 6.45) is 1.50. The van der Waals surface area contributed by atoms with E-state index in [1.165, 1.54) is 6.26 Å². The number of nitrogens with one attached hydrogen (secondary N) is 2. The Labute approximate surface area is 145 Å². The minimum absolute atomic E-state index is 0.225. The monoisotopic (exact) mass is 419 g/mol. The summed E-state index contributed by atoms with van der Waals surface area (Å²) in [6.45, 7) is 0. The third-order valence-electron chi connectivity index (χ3n) is 3.17. The molecule has 23 heavy (non-hydrogen) atoms. The number of anilines is 2. The van der Waals surface area contributed by atoms with Crippen LogP contribution in [0.2, 0.25) is 0 Å². The van der Waals surface area contributed by atoms with Crippen LogP contribution < -0.4 is 30.3 Å². The molecule has 0 fully saturated rings. The van der Waals surface area contributed by atoms with Crippen molar-refractivity contribution in [2.45, 2.75) is 4.43 Å². The molecule has 0 saturated heterocycles. The zero-order valence-corrected chi connectivity index (χ0v) is 14.5. The van der Waals surface area contributed by atoms with Crippen LogP contribution in [0.25, 0.3) is 0 Å². The van der Waals surface area contributed by atoms with Gasteiger partial charge in [-0.25, -0.2) is 0 Å². The van der Waals surface area contributed by atoms with Crippen LogP contribution in [0.3, 0.4) is 0 Å². The summed E-state index contributed by atoms with van der Waals surface area (Å²) in [5.74, 6) is 0.0913. The predicted octanol–water partition coefficient (Wildman–Crippen LogP) is 1.15. The number of alkyl halides is 1. The maximum absolute atomic E-state index is 12.1. The van der Waals surface area contributed by atoms with Gasteiger partial charge >= 0.3 is 146 Å². The molecule has 0 atom stereocenters. The van der Waals surface area contributed by atoms with Crippen LogP contribution in [-0.4, -0.2) is 5.91 Å². The number of hydrogen-bond acceptors (Lipinski definition) is 3. The molecule has 2 aromatic carbocycles. The summed E-state index contributed by atoms with van der Waals surface area (Å²) in [6, 6.07) is 21.4. The Bertz CT molecular complexity index is 758. The summed E-state index contributed by atoms with van der Waals surface area (Å²) in [7, 11) is 0. The fourth-order valence-corrected chi connectivity index (χ4v) is 4.10. The van der Waals surface area contributed by atoms with Crippen LogP contribution in [0.4, 0.5) is 11.4 Å². The SMILES string of the molecule is O=C(Nc1ccccc1C[I-]Nc1ccccc1)c1ccco1. The van der Waals surface area contributed by atoms with Crippen molar-refractivity contribution in [1.82, 2.24) is 0 Å². The van der Waals surface area contributed by atoms with E-state index >= 15 is 0 Å². The van der Waals surface area contributed by atoms with Gasteiger partial charge in [0.1, 0.15) is 0 Å². The number of halogens is 1. The van der Waals surface area contributed by atoms with Crippen molar-refractivity contribution in [2.24, 2.45) is 0 Å². The number of carbonyl (C=O) groups is 1. The molecule has 1 heterocycles. The molecule has 0 aliphatic rings.